The average Bonchev–Trinajstić information content (AvgIpc) is 2.80. The van der Waals surface area contributed by atoms with Crippen molar-refractivity contribution in [2.75, 3.05) is 19.7 Å². The molecule has 1 saturated heterocycles. The molecule has 1 fully saturated rings. The number of pyridine rings is 1. The molecule has 1 aromatic rings. The van der Waals surface area contributed by atoms with Gasteiger partial charge in [-0.1, -0.05) is 0 Å². The van der Waals surface area contributed by atoms with Gasteiger partial charge in [-0.05, 0) is 18.6 Å². The average molecular weight is 236 g/mol. The summed E-state index contributed by atoms with van der Waals surface area (Å²) in [4.78, 5) is 25.5. The summed E-state index contributed by atoms with van der Waals surface area (Å²) in [5.74, 6) is -0.0892. The minimum Gasteiger partial charge on any atom is -0.396 e. The van der Waals surface area contributed by atoms with E-state index in [2.05, 4.69) is 0 Å². The minimum absolute atomic E-state index is 0.0938. The second-order valence-electron chi connectivity index (χ2n) is 4.43. The van der Waals surface area contributed by atoms with Crippen molar-refractivity contribution >= 4 is 5.91 Å². The molecule has 0 spiro atoms. The Hall–Kier alpha value is -1.62. The lowest BCUT2D eigenvalue weighted by atomic mass is 10.1. The summed E-state index contributed by atoms with van der Waals surface area (Å²) in [7, 11) is 1.62. The van der Waals surface area contributed by atoms with Crippen LogP contribution in [0.25, 0.3) is 0 Å². The number of nitrogens with zero attached hydrogens (tertiary/aromatic N) is 2. The van der Waals surface area contributed by atoms with E-state index < -0.39 is 0 Å². The lowest BCUT2D eigenvalue weighted by Crippen LogP contribution is -2.34. The number of aliphatic hydroxyl groups is 1. The molecule has 0 aromatic carbocycles. The van der Waals surface area contributed by atoms with Gasteiger partial charge in [0.1, 0.15) is 5.56 Å². The van der Waals surface area contributed by atoms with Crippen LogP contribution in [0.2, 0.25) is 0 Å². The highest BCUT2D eigenvalue weighted by atomic mass is 16.3. The maximum Gasteiger partial charge on any atom is 0.263 e. The summed E-state index contributed by atoms with van der Waals surface area (Å²) < 4.78 is 1.40. The van der Waals surface area contributed by atoms with Crippen molar-refractivity contribution in [1.82, 2.24) is 9.47 Å². The van der Waals surface area contributed by atoms with Crippen LogP contribution in [-0.4, -0.2) is 40.2 Å². The number of likely N-dealkylation sites (tertiary alicyclic amines) is 1. The Labute approximate surface area is 99.3 Å². The summed E-state index contributed by atoms with van der Waals surface area (Å²) in [6, 6.07) is 3.24. The minimum atomic E-state index is -0.273. The molecule has 1 unspecified atom stereocenters. The molecule has 1 N–H and O–H groups in total. The van der Waals surface area contributed by atoms with Crippen molar-refractivity contribution in [2.24, 2.45) is 13.0 Å². The zero-order chi connectivity index (χ0) is 12.4. The predicted octanol–water partition coefficient (Wildman–Crippen LogP) is -0.160. The van der Waals surface area contributed by atoms with E-state index in [4.69, 9.17) is 5.11 Å². The van der Waals surface area contributed by atoms with Crippen LogP contribution in [0.5, 0.6) is 0 Å². The molecule has 0 aliphatic carbocycles. The van der Waals surface area contributed by atoms with Gasteiger partial charge in [0.25, 0.3) is 11.5 Å². The number of rotatable bonds is 2. The first kappa shape index (κ1) is 11.9. The van der Waals surface area contributed by atoms with Gasteiger partial charge in [0.2, 0.25) is 0 Å². The van der Waals surface area contributed by atoms with E-state index in [0.717, 1.165) is 6.42 Å². The maximum atomic E-state index is 12.1. The van der Waals surface area contributed by atoms with Gasteiger partial charge in [-0.2, -0.15) is 0 Å². The van der Waals surface area contributed by atoms with E-state index in [9.17, 15) is 9.59 Å². The highest BCUT2D eigenvalue weighted by Gasteiger charge is 2.27. The third-order valence-corrected chi connectivity index (χ3v) is 3.18. The van der Waals surface area contributed by atoms with Gasteiger partial charge in [-0.25, -0.2) is 0 Å². The molecule has 0 radical (unpaired) electrons. The lowest BCUT2D eigenvalue weighted by Gasteiger charge is -2.15. The summed E-state index contributed by atoms with van der Waals surface area (Å²) in [5, 5.41) is 9.03. The maximum absolute atomic E-state index is 12.1. The van der Waals surface area contributed by atoms with Crippen molar-refractivity contribution < 1.29 is 9.90 Å². The molecule has 1 aromatic heterocycles. The topological polar surface area (TPSA) is 62.5 Å². The molecule has 0 bridgehead atoms. The van der Waals surface area contributed by atoms with Crippen LogP contribution < -0.4 is 5.56 Å². The third-order valence-electron chi connectivity index (χ3n) is 3.18. The predicted molar refractivity (Wildman–Crippen MR) is 62.8 cm³/mol. The zero-order valence-electron chi connectivity index (χ0n) is 9.80. The Bertz CT molecular complexity index is 481. The molecule has 1 aliphatic heterocycles. The number of hydrogen-bond donors (Lipinski definition) is 1. The van der Waals surface area contributed by atoms with Gasteiger partial charge in [-0.3, -0.25) is 9.59 Å². The van der Waals surface area contributed by atoms with Gasteiger partial charge in [0.15, 0.2) is 0 Å². The fourth-order valence-electron chi connectivity index (χ4n) is 2.10. The Morgan fingerprint density at radius 3 is 3.00 bits per heavy atom. The zero-order valence-corrected chi connectivity index (χ0v) is 9.80. The quantitative estimate of drug-likeness (QED) is 0.776. The number of aliphatic hydroxyl groups excluding tert-OH is 1. The summed E-state index contributed by atoms with van der Waals surface area (Å²) in [6.07, 6.45) is 2.43. The molecule has 17 heavy (non-hydrogen) atoms. The summed E-state index contributed by atoms with van der Waals surface area (Å²) in [5.41, 5.74) is -0.0708. The lowest BCUT2D eigenvalue weighted by molar-refractivity contribution is 0.0779. The van der Waals surface area contributed by atoms with Gasteiger partial charge in [0.05, 0.1) is 0 Å². The first-order chi connectivity index (χ1) is 8.13. The molecular weight excluding hydrogens is 220 g/mol. The van der Waals surface area contributed by atoms with E-state index in [-0.39, 0.29) is 29.6 Å². The molecule has 1 atom stereocenters. The highest BCUT2D eigenvalue weighted by Crippen LogP contribution is 2.16. The van der Waals surface area contributed by atoms with E-state index in [1.165, 1.54) is 4.57 Å². The van der Waals surface area contributed by atoms with Crippen molar-refractivity contribution in [1.29, 1.82) is 0 Å². The number of carbonyl (C=O) groups excluding carboxylic acids is 1. The van der Waals surface area contributed by atoms with Gasteiger partial charge in [-0.15, -0.1) is 0 Å². The van der Waals surface area contributed by atoms with Gasteiger partial charge in [0, 0.05) is 38.9 Å². The Morgan fingerprint density at radius 2 is 2.35 bits per heavy atom. The molecule has 2 rings (SSSR count). The molecule has 1 aliphatic rings. The van der Waals surface area contributed by atoms with Crippen LogP contribution >= 0.6 is 0 Å². The monoisotopic (exact) mass is 236 g/mol. The molecule has 0 saturated carbocycles. The second-order valence-corrected chi connectivity index (χ2v) is 4.43. The first-order valence-corrected chi connectivity index (χ1v) is 5.69. The van der Waals surface area contributed by atoms with Crippen LogP contribution in [0.3, 0.4) is 0 Å². The Balaban J connectivity index is 2.21. The Kier molecular flexibility index (Phi) is 3.28. The van der Waals surface area contributed by atoms with E-state index >= 15 is 0 Å². The summed E-state index contributed by atoms with van der Waals surface area (Å²) in [6.45, 7) is 1.24. The molecule has 2 heterocycles. The number of aromatic nitrogens is 1. The Morgan fingerprint density at radius 1 is 1.59 bits per heavy atom. The normalized spacial score (nSPS) is 19.6. The van der Waals surface area contributed by atoms with Crippen LogP contribution in [0.15, 0.2) is 23.1 Å². The highest BCUT2D eigenvalue weighted by molar-refractivity contribution is 5.94. The standard InChI is InChI=1S/C12H16N2O3/c1-13-5-2-3-10(11(13)16)12(17)14-6-4-9(7-14)8-15/h2-3,5,9,15H,4,6-8H2,1H3. The van der Waals surface area contributed by atoms with Gasteiger partial charge >= 0.3 is 0 Å². The van der Waals surface area contributed by atoms with E-state index in [1.54, 1.807) is 30.3 Å². The number of amides is 1. The smallest absolute Gasteiger partial charge is 0.263 e. The van der Waals surface area contributed by atoms with Gasteiger partial charge < -0.3 is 14.6 Å². The van der Waals surface area contributed by atoms with E-state index in [0.29, 0.717) is 13.1 Å². The SMILES string of the molecule is Cn1cccc(C(=O)N2CCC(CO)C2)c1=O. The molecule has 92 valence electrons. The molecular formula is C12H16N2O3. The summed E-state index contributed by atoms with van der Waals surface area (Å²) >= 11 is 0. The third kappa shape index (κ3) is 2.24. The number of carbonyl (C=O) groups is 1. The van der Waals surface area contributed by atoms with Crippen LogP contribution in [0, 0.1) is 5.92 Å². The first-order valence-electron chi connectivity index (χ1n) is 5.69. The fraction of sp³-hybridized carbons (Fsp3) is 0.500. The largest absolute Gasteiger partial charge is 0.396 e. The molecule has 5 heteroatoms. The van der Waals surface area contributed by atoms with Crippen LogP contribution in [0.4, 0.5) is 0 Å². The molecule has 5 nitrogen and oxygen atoms in total. The van der Waals surface area contributed by atoms with Crippen molar-refractivity contribution in [3.63, 3.8) is 0 Å². The van der Waals surface area contributed by atoms with Crippen molar-refractivity contribution in [2.45, 2.75) is 6.42 Å². The molecule has 1 amide bonds. The number of hydrogen-bond acceptors (Lipinski definition) is 3. The van der Waals surface area contributed by atoms with Crippen molar-refractivity contribution in [3.05, 3.63) is 34.2 Å². The van der Waals surface area contributed by atoms with Crippen LogP contribution in [0.1, 0.15) is 16.8 Å². The van der Waals surface area contributed by atoms with Crippen LogP contribution in [-0.2, 0) is 7.05 Å². The second kappa shape index (κ2) is 4.71. The number of aryl methyl sites for hydroxylation is 1. The van der Waals surface area contributed by atoms with E-state index in [1.807, 2.05) is 0 Å². The fourth-order valence-corrected chi connectivity index (χ4v) is 2.10. The van der Waals surface area contributed by atoms with Crippen molar-refractivity contribution in [3.8, 4) is 0 Å².